The second-order valence-electron chi connectivity index (χ2n) is 13.6. The van der Waals surface area contributed by atoms with Crippen molar-refractivity contribution in [3.63, 3.8) is 0 Å². The Hall–Kier alpha value is -2.28. The molecule has 9 atom stereocenters. The molecule has 6 heteroatoms. The lowest BCUT2D eigenvalue weighted by molar-refractivity contribution is -0.231. The number of ketones is 1. The van der Waals surface area contributed by atoms with Crippen LogP contribution in [0.3, 0.4) is 0 Å². The molecule has 1 spiro atoms. The first-order valence-electron chi connectivity index (χ1n) is 14.2. The van der Waals surface area contributed by atoms with Crippen LogP contribution in [0, 0.1) is 29.1 Å². The number of amides is 1. The van der Waals surface area contributed by atoms with Gasteiger partial charge in [0.1, 0.15) is 17.3 Å². The van der Waals surface area contributed by atoms with E-state index in [0.717, 1.165) is 24.0 Å². The van der Waals surface area contributed by atoms with E-state index in [2.05, 4.69) is 18.5 Å². The second kappa shape index (κ2) is 8.12. The number of benzene rings is 1. The van der Waals surface area contributed by atoms with Crippen molar-refractivity contribution in [1.82, 2.24) is 0 Å². The van der Waals surface area contributed by atoms with E-state index in [-0.39, 0.29) is 41.3 Å². The van der Waals surface area contributed by atoms with Crippen molar-refractivity contribution >= 4 is 17.4 Å². The zero-order valence-electron chi connectivity index (χ0n) is 23.0. The minimum absolute atomic E-state index is 0.0248. The van der Waals surface area contributed by atoms with E-state index in [1.807, 2.05) is 52.0 Å². The van der Waals surface area contributed by atoms with Gasteiger partial charge in [0.2, 0.25) is 5.91 Å². The van der Waals surface area contributed by atoms with E-state index in [0.29, 0.717) is 30.5 Å². The molecule has 5 aliphatic rings. The number of anilines is 1. The van der Waals surface area contributed by atoms with Crippen molar-refractivity contribution in [3.05, 3.63) is 54.1 Å². The van der Waals surface area contributed by atoms with Crippen molar-refractivity contribution in [2.24, 2.45) is 29.1 Å². The Morgan fingerprint density at radius 3 is 2.66 bits per heavy atom. The molecule has 1 aromatic rings. The molecule has 3 aliphatic carbocycles. The van der Waals surface area contributed by atoms with Crippen LogP contribution in [0.15, 0.2) is 43.0 Å². The summed E-state index contributed by atoms with van der Waals surface area (Å²) >= 11 is 0. The Balaban J connectivity index is 1.39. The molecule has 204 valence electrons. The molecule has 3 N–H and O–H groups in total. The largest absolute Gasteiger partial charge is 0.390 e. The maximum Gasteiger partial charge on any atom is 0.228 e. The summed E-state index contributed by atoms with van der Waals surface area (Å²) in [7, 11) is 0. The summed E-state index contributed by atoms with van der Waals surface area (Å²) in [5, 5.41) is 26.9. The molecule has 0 radical (unpaired) electrons. The summed E-state index contributed by atoms with van der Waals surface area (Å²) in [5.74, 6) is -0.747. The highest BCUT2D eigenvalue weighted by Gasteiger charge is 2.83. The molecule has 1 amide bonds. The van der Waals surface area contributed by atoms with E-state index >= 15 is 0 Å². The van der Waals surface area contributed by atoms with Crippen molar-refractivity contribution in [2.45, 2.75) is 95.0 Å². The molecule has 2 aliphatic heterocycles. The van der Waals surface area contributed by atoms with Crippen molar-refractivity contribution < 1.29 is 24.5 Å². The maximum atomic E-state index is 14.1. The van der Waals surface area contributed by atoms with Gasteiger partial charge in [0, 0.05) is 34.7 Å². The molecule has 2 heterocycles. The summed E-state index contributed by atoms with van der Waals surface area (Å²) in [6, 6.07) is 5.67. The van der Waals surface area contributed by atoms with Crippen molar-refractivity contribution in [2.75, 3.05) is 5.32 Å². The normalized spacial score (nSPS) is 43.6. The van der Waals surface area contributed by atoms with Crippen LogP contribution < -0.4 is 5.32 Å². The van der Waals surface area contributed by atoms with E-state index < -0.39 is 34.7 Å². The molecule has 0 bridgehead atoms. The highest BCUT2D eigenvalue weighted by atomic mass is 16.6. The second-order valence-corrected chi connectivity index (χ2v) is 13.6. The predicted octanol–water partition coefficient (Wildman–Crippen LogP) is 4.94. The Morgan fingerprint density at radius 1 is 1.24 bits per heavy atom. The Kier molecular flexibility index (Phi) is 5.55. The van der Waals surface area contributed by atoms with Crippen LogP contribution in [0.1, 0.15) is 82.1 Å². The molecular weight excluding hydrogens is 478 g/mol. The Labute approximate surface area is 225 Å². The number of ether oxygens (including phenoxy) is 1. The van der Waals surface area contributed by atoms with Crippen molar-refractivity contribution in [1.29, 1.82) is 0 Å². The highest BCUT2D eigenvalue weighted by molar-refractivity contribution is 6.07. The van der Waals surface area contributed by atoms with Gasteiger partial charge in [-0.05, 0) is 68.6 Å². The van der Waals surface area contributed by atoms with Crippen LogP contribution in [-0.2, 0) is 14.9 Å². The van der Waals surface area contributed by atoms with Crippen LogP contribution in [0.5, 0.6) is 0 Å². The van der Waals surface area contributed by atoms with E-state index in [1.165, 1.54) is 0 Å². The number of hydrogen-bond donors (Lipinski definition) is 3. The van der Waals surface area contributed by atoms with Gasteiger partial charge in [-0.1, -0.05) is 45.1 Å². The Morgan fingerprint density at radius 2 is 1.97 bits per heavy atom. The number of hydrogen-bond acceptors (Lipinski definition) is 5. The van der Waals surface area contributed by atoms with Crippen LogP contribution in [-0.4, -0.2) is 45.3 Å². The fraction of sp³-hybridized carbons (Fsp3) is 0.625. The molecule has 1 unspecified atom stereocenters. The van der Waals surface area contributed by atoms with Crippen LogP contribution in [0.4, 0.5) is 5.69 Å². The molecule has 3 saturated carbocycles. The zero-order chi connectivity index (χ0) is 27.4. The lowest BCUT2D eigenvalue weighted by Crippen LogP contribution is -2.72. The number of aliphatic hydroxyl groups excluding tert-OH is 1. The molecule has 4 fully saturated rings. The average Bonchev–Trinajstić information content (AvgIpc) is 3.62. The molecule has 6 rings (SSSR count). The third-order valence-corrected chi connectivity index (χ3v) is 11.4. The first-order chi connectivity index (χ1) is 17.8. The van der Waals surface area contributed by atoms with Gasteiger partial charge in [0.15, 0.2) is 5.78 Å². The van der Waals surface area contributed by atoms with Crippen LogP contribution in [0.25, 0.3) is 0 Å². The zero-order valence-corrected chi connectivity index (χ0v) is 23.0. The van der Waals surface area contributed by atoms with E-state index in [1.54, 1.807) is 0 Å². The summed E-state index contributed by atoms with van der Waals surface area (Å²) < 4.78 is 6.36. The number of carbonyl (C=O) groups is 2. The maximum absolute atomic E-state index is 14.1. The lowest BCUT2D eigenvalue weighted by atomic mass is 9.42. The SMILES string of the molecule is C=CC(C)(C)c1ccc2c(c1)NC(=O)[C@H]1C(CC[C@@]3(O)[C@@]45O[C@@H]4[C@@H](O)[C@@H](C(=C)C)C[C@H]5CC[C@]13C)CC2=O. The fourth-order valence-corrected chi connectivity index (χ4v) is 8.95. The van der Waals surface area contributed by atoms with Crippen molar-refractivity contribution in [3.8, 4) is 0 Å². The number of carbonyl (C=O) groups excluding carboxylic acids is 2. The topological polar surface area (TPSA) is 99.2 Å². The van der Waals surface area contributed by atoms with Gasteiger partial charge < -0.3 is 20.3 Å². The quantitative estimate of drug-likeness (QED) is 0.388. The standard InChI is InChI=1S/C32H41NO5/c1-7-29(4,5)19-8-9-21-23(16-19)33-28(36)25-18(14-24(21)34)10-13-31(37)30(25,6)12-11-20-15-22(17(2)3)26(35)27-32(20,31)38-27/h7-9,16,18,20,22,25-27,35,37H,1-2,10-15H2,3-6H3,(H,33,36)/t18?,20-,22-,25-,26+,27-,30-,31+,32+/m1/s1. The molecule has 0 aromatic heterocycles. The summed E-state index contributed by atoms with van der Waals surface area (Å²) in [6.07, 6.45) is 4.22. The molecule has 6 nitrogen and oxygen atoms in total. The highest BCUT2D eigenvalue weighted by Crippen LogP contribution is 2.72. The van der Waals surface area contributed by atoms with Gasteiger partial charge in [-0.3, -0.25) is 9.59 Å². The molecule has 38 heavy (non-hydrogen) atoms. The third-order valence-electron chi connectivity index (χ3n) is 11.4. The molecule has 1 aromatic carbocycles. The summed E-state index contributed by atoms with van der Waals surface area (Å²) in [5.41, 5.74) is -0.205. The number of allylic oxidation sites excluding steroid dienone is 1. The molecule has 1 saturated heterocycles. The van der Waals surface area contributed by atoms with Gasteiger partial charge >= 0.3 is 0 Å². The van der Waals surface area contributed by atoms with Gasteiger partial charge in [-0.2, -0.15) is 0 Å². The van der Waals surface area contributed by atoms with E-state index in [9.17, 15) is 19.8 Å². The number of epoxide rings is 1. The third kappa shape index (κ3) is 3.17. The Bertz CT molecular complexity index is 1250. The number of nitrogens with one attached hydrogen (secondary N) is 1. The summed E-state index contributed by atoms with van der Waals surface area (Å²) in [6.45, 7) is 16.1. The van der Waals surface area contributed by atoms with E-state index in [4.69, 9.17) is 4.74 Å². The first-order valence-corrected chi connectivity index (χ1v) is 14.2. The monoisotopic (exact) mass is 519 g/mol. The van der Waals surface area contributed by atoms with Gasteiger partial charge in [0.05, 0.1) is 11.8 Å². The predicted molar refractivity (Wildman–Crippen MR) is 146 cm³/mol. The van der Waals surface area contributed by atoms with Gasteiger partial charge in [0.25, 0.3) is 0 Å². The van der Waals surface area contributed by atoms with Crippen LogP contribution in [0.2, 0.25) is 0 Å². The van der Waals surface area contributed by atoms with Gasteiger partial charge in [-0.15, -0.1) is 6.58 Å². The molecular formula is C32H41NO5. The number of rotatable bonds is 3. The van der Waals surface area contributed by atoms with Gasteiger partial charge in [-0.25, -0.2) is 0 Å². The minimum Gasteiger partial charge on any atom is -0.390 e. The number of Topliss-reactive ketones (excluding diaryl/α,β-unsaturated/α-hetero) is 1. The smallest absolute Gasteiger partial charge is 0.228 e. The summed E-state index contributed by atoms with van der Waals surface area (Å²) in [4.78, 5) is 27.7. The number of aliphatic hydroxyl groups is 2. The van der Waals surface area contributed by atoms with Crippen LogP contribution >= 0.6 is 0 Å². The lowest BCUT2D eigenvalue weighted by Gasteiger charge is -2.63. The fourth-order valence-electron chi connectivity index (χ4n) is 8.95. The average molecular weight is 520 g/mol. The first kappa shape index (κ1) is 26.0. The number of fused-ring (bicyclic) bond motifs is 4. The minimum atomic E-state index is -1.26.